The fraction of sp³-hybridized carbons (Fsp3) is 0.200. The summed E-state index contributed by atoms with van der Waals surface area (Å²) in [5.74, 6) is -2.50. The molecule has 3 rings (SSSR count). The maximum atomic E-state index is 14.4. The number of benzene rings is 2. The van der Waals surface area contributed by atoms with E-state index in [9.17, 15) is 22.8 Å². The predicted octanol–water partition coefficient (Wildman–Crippen LogP) is 3.54. The maximum Gasteiger partial charge on any atom is 0.426 e. The zero-order valence-corrected chi connectivity index (χ0v) is 15.5. The number of hydrogen-bond donors (Lipinski definition) is 2. The largest absolute Gasteiger partial charge is 0.497 e. The minimum atomic E-state index is -5.19. The van der Waals surface area contributed by atoms with Crippen LogP contribution < -0.4 is 10.1 Å². The molecule has 9 heteroatoms. The fourth-order valence-electron chi connectivity index (χ4n) is 3.11. The van der Waals surface area contributed by atoms with Crippen molar-refractivity contribution in [2.75, 3.05) is 14.2 Å². The first kappa shape index (κ1) is 20.2. The van der Waals surface area contributed by atoms with E-state index in [1.807, 2.05) is 5.32 Å². The second kappa shape index (κ2) is 7.50. The van der Waals surface area contributed by atoms with Crippen molar-refractivity contribution in [1.29, 1.82) is 0 Å². The van der Waals surface area contributed by atoms with Gasteiger partial charge in [0.25, 0.3) is 11.4 Å². The highest BCUT2D eigenvalue weighted by atomic mass is 19.4. The first-order valence-corrected chi connectivity index (χ1v) is 8.43. The van der Waals surface area contributed by atoms with Crippen molar-refractivity contribution in [2.45, 2.75) is 11.7 Å². The molecule has 0 bridgehead atoms. The summed E-state index contributed by atoms with van der Waals surface area (Å²) in [6.07, 6.45) is -4.15. The Morgan fingerprint density at radius 1 is 1.03 bits per heavy atom. The number of carbonyl (C=O) groups excluding carboxylic acids is 2. The van der Waals surface area contributed by atoms with Crippen molar-refractivity contribution in [3.8, 4) is 5.75 Å². The second-order valence-corrected chi connectivity index (χ2v) is 6.17. The molecular formula is C20H17F3N2O4. The van der Waals surface area contributed by atoms with Crippen LogP contribution in [0, 0.1) is 0 Å². The number of rotatable bonds is 5. The van der Waals surface area contributed by atoms with E-state index in [2.05, 4.69) is 9.72 Å². The summed E-state index contributed by atoms with van der Waals surface area (Å²) in [6, 6.07) is 11.7. The lowest BCUT2D eigenvalue weighted by Crippen LogP contribution is -2.61. The summed E-state index contributed by atoms with van der Waals surface area (Å²) in [5.41, 5.74) is -3.62. The Hall–Kier alpha value is -3.49. The molecular weight excluding hydrogens is 389 g/mol. The third-order valence-corrected chi connectivity index (χ3v) is 4.54. The topological polar surface area (TPSA) is 80.4 Å². The molecule has 0 saturated carbocycles. The number of fused-ring (bicyclic) bond motifs is 1. The van der Waals surface area contributed by atoms with Crippen molar-refractivity contribution in [1.82, 2.24) is 10.3 Å². The Bertz CT molecular complexity index is 1060. The van der Waals surface area contributed by atoms with Gasteiger partial charge in [-0.15, -0.1) is 0 Å². The van der Waals surface area contributed by atoms with E-state index in [0.717, 1.165) is 13.3 Å². The molecule has 2 aromatic carbocycles. The molecule has 2 N–H and O–H groups in total. The van der Waals surface area contributed by atoms with E-state index >= 15 is 0 Å². The molecule has 0 unspecified atom stereocenters. The van der Waals surface area contributed by atoms with Crippen LogP contribution in [0.1, 0.15) is 15.9 Å². The van der Waals surface area contributed by atoms with Gasteiger partial charge in [-0.3, -0.25) is 4.79 Å². The van der Waals surface area contributed by atoms with Gasteiger partial charge in [0.1, 0.15) is 5.75 Å². The predicted molar refractivity (Wildman–Crippen MR) is 98.5 cm³/mol. The first-order chi connectivity index (χ1) is 13.7. The minimum absolute atomic E-state index is 0.110. The van der Waals surface area contributed by atoms with Gasteiger partial charge in [-0.25, -0.2) is 4.79 Å². The van der Waals surface area contributed by atoms with E-state index in [4.69, 9.17) is 4.74 Å². The van der Waals surface area contributed by atoms with Crippen molar-refractivity contribution in [3.63, 3.8) is 0 Å². The lowest BCUT2D eigenvalue weighted by molar-refractivity contribution is -0.212. The molecule has 1 atom stereocenters. The quantitative estimate of drug-likeness (QED) is 0.636. The maximum absolute atomic E-state index is 14.4. The van der Waals surface area contributed by atoms with Crippen LogP contribution in [-0.2, 0) is 15.1 Å². The lowest BCUT2D eigenvalue weighted by atomic mass is 9.88. The lowest BCUT2D eigenvalue weighted by Gasteiger charge is -2.33. The number of amides is 1. The molecule has 0 aliphatic heterocycles. The molecule has 0 aliphatic carbocycles. The van der Waals surface area contributed by atoms with E-state index in [0.29, 0.717) is 5.52 Å². The number of hydrogen-bond acceptors (Lipinski definition) is 4. The molecule has 0 radical (unpaired) electrons. The normalized spacial score (nSPS) is 13.6. The molecule has 152 valence electrons. The number of nitrogens with one attached hydrogen (secondary N) is 2. The van der Waals surface area contributed by atoms with Gasteiger partial charge < -0.3 is 19.8 Å². The van der Waals surface area contributed by atoms with E-state index < -0.39 is 29.2 Å². The van der Waals surface area contributed by atoms with Gasteiger partial charge in [0.05, 0.1) is 14.2 Å². The van der Waals surface area contributed by atoms with Crippen molar-refractivity contribution in [3.05, 3.63) is 65.9 Å². The number of alkyl halides is 3. The van der Waals surface area contributed by atoms with E-state index in [1.165, 1.54) is 43.5 Å². The molecule has 6 nitrogen and oxygen atoms in total. The smallest absolute Gasteiger partial charge is 0.426 e. The number of aromatic nitrogens is 1. The van der Waals surface area contributed by atoms with Crippen molar-refractivity contribution < 1.29 is 32.2 Å². The van der Waals surface area contributed by atoms with Crippen LogP contribution in [0.5, 0.6) is 5.75 Å². The third kappa shape index (κ3) is 3.39. The summed E-state index contributed by atoms with van der Waals surface area (Å²) in [4.78, 5) is 28.0. The fourth-order valence-corrected chi connectivity index (χ4v) is 3.11. The molecule has 0 aliphatic rings. The molecule has 1 amide bonds. The third-order valence-electron chi connectivity index (χ3n) is 4.54. The Morgan fingerprint density at radius 2 is 1.76 bits per heavy atom. The number of aromatic amines is 1. The minimum Gasteiger partial charge on any atom is -0.497 e. The van der Waals surface area contributed by atoms with Crippen LogP contribution >= 0.6 is 0 Å². The van der Waals surface area contributed by atoms with Gasteiger partial charge in [0, 0.05) is 28.2 Å². The van der Waals surface area contributed by atoms with Crippen LogP contribution in [0.4, 0.5) is 13.2 Å². The van der Waals surface area contributed by atoms with Crippen molar-refractivity contribution in [2.24, 2.45) is 0 Å². The monoisotopic (exact) mass is 406 g/mol. The number of esters is 1. The van der Waals surface area contributed by atoms with Gasteiger partial charge in [0.15, 0.2) is 0 Å². The van der Waals surface area contributed by atoms with Gasteiger partial charge >= 0.3 is 12.1 Å². The number of H-pyrrole nitrogens is 1. The molecule has 0 saturated heterocycles. The highest BCUT2D eigenvalue weighted by Gasteiger charge is 2.65. The summed E-state index contributed by atoms with van der Waals surface area (Å²) in [5, 5.41) is 2.00. The molecule has 3 aromatic rings. The second-order valence-electron chi connectivity index (χ2n) is 6.17. The molecule has 1 aromatic heterocycles. The highest BCUT2D eigenvalue weighted by Crippen LogP contribution is 2.43. The average Bonchev–Trinajstić information content (AvgIpc) is 3.14. The molecule has 29 heavy (non-hydrogen) atoms. The Morgan fingerprint density at radius 3 is 2.41 bits per heavy atom. The Kier molecular flexibility index (Phi) is 5.23. The number of halogens is 3. The summed E-state index contributed by atoms with van der Waals surface area (Å²) >= 11 is 0. The summed E-state index contributed by atoms with van der Waals surface area (Å²) in [6.45, 7) is 0. The summed E-state index contributed by atoms with van der Waals surface area (Å²) in [7, 11) is 2.19. The number of carbonyl (C=O) groups is 2. The van der Waals surface area contributed by atoms with Gasteiger partial charge in [-0.1, -0.05) is 24.3 Å². The SMILES string of the molecule is COC(=O)[C@](NC(=O)c1cccc(OC)c1)(c1c[nH]c2ccccc12)C(F)(F)F. The van der Waals surface area contributed by atoms with Crippen LogP contribution in [-0.4, -0.2) is 37.3 Å². The number of methoxy groups -OCH3 is 2. The van der Waals surface area contributed by atoms with Crippen LogP contribution in [0.15, 0.2) is 54.7 Å². The Labute approximate surface area is 163 Å². The summed E-state index contributed by atoms with van der Waals surface area (Å²) < 4.78 is 52.6. The van der Waals surface area contributed by atoms with Crippen LogP contribution in [0.2, 0.25) is 0 Å². The molecule has 0 fully saturated rings. The van der Waals surface area contributed by atoms with E-state index in [1.54, 1.807) is 12.1 Å². The van der Waals surface area contributed by atoms with Crippen molar-refractivity contribution >= 4 is 22.8 Å². The number of ether oxygens (including phenoxy) is 2. The van der Waals surface area contributed by atoms with Gasteiger partial charge in [-0.05, 0) is 24.3 Å². The highest BCUT2D eigenvalue weighted by molar-refractivity contribution is 6.01. The first-order valence-electron chi connectivity index (χ1n) is 8.43. The number of para-hydroxylation sites is 1. The van der Waals surface area contributed by atoms with Crippen LogP contribution in [0.3, 0.4) is 0 Å². The standard InChI is InChI=1S/C20H17F3N2O4/c1-28-13-7-5-6-12(10-13)17(26)25-19(18(27)29-2,20(21,22)23)15-11-24-16-9-4-3-8-14(15)16/h3-11,24H,1-2H3,(H,25,26)/t19-/m1/s1. The molecule has 0 spiro atoms. The van der Waals surface area contributed by atoms with Gasteiger partial charge in [0.2, 0.25) is 0 Å². The zero-order valence-electron chi connectivity index (χ0n) is 15.5. The molecule has 1 heterocycles. The van der Waals surface area contributed by atoms with Crippen LogP contribution in [0.25, 0.3) is 10.9 Å². The average molecular weight is 406 g/mol. The van der Waals surface area contributed by atoms with E-state index in [-0.39, 0.29) is 16.7 Å². The Balaban J connectivity index is 2.20. The van der Waals surface area contributed by atoms with Gasteiger partial charge in [-0.2, -0.15) is 13.2 Å². The zero-order chi connectivity index (χ0) is 21.2.